The van der Waals surface area contributed by atoms with Gasteiger partial charge in [-0.2, -0.15) is 0 Å². The van der Waals surface area contributed by atoms with E-state index in [9.17, 15) is 9.59 Å². The molecule has 206 valence electrons. The summed E-state index contributed by atoms with van der Waals surface area (Å²) < 4.78 is 7.43. The van der Waals surface area contributed by atoms with Gasteiger partial charge in [-0.3, -0.25) is 9.59 Å². The summed E-state index contributed by atoms with van der Waals surface area (Å²) in [7, 11) is 0. The molecule has 0 aliphatic heterocycles. The molecular weight excluding hydrogens is 598 g/mol. The summed E-state index contributed by atoms with van der Waals surface area (Å²) in [5, 5.41) is -3.53. The van der Waals surface area contributed by atoms with E-state index in [2.05, 4.69) is 0 Å². The molecule has 0 bridgehead atoms. The van der Waals surface area contributed by atoms with E-state index < -0.39 is 39.0 Å². The molecule has 0 aromatic heterocycles. The number of ether oxygens (including phenoxy) is 1. The molecule has 4 aromatic carbocycles. The molecule has 7 heteroatoms. The van der Waals surface area contributed by atoms with Gasteiger partial charge in [-0.25, -0.2) is 0 Å². The molecule has 0 heterocycles. The summed E-state index contributed by atoms with van der Waals surface area (Å²) >= 11 is 28.1. The van der Waals surface area contributed by atoms with Crippen LogP contribution in [0.25, 0.3) is 5.57 Å². The molecule has 0 amide bonds. The van der Waals surface area contributed by atoms with E-state index in [1.807, 2.05) is 121 Å². The third-order valence-corrected chi connectivity index (χ3v) is 9.91. The quantitative estimate of drug-likeness (QED) is 0.204. The highest BCUT2D eigenvalue weighted by Crippen LogP contribution is 2.62. The van der Waals surface area contributed by atoms with Crippen LogP contribution in [0.3, 0.4) is 0 Å². The Bertz CT molecular complexity index is 1610. The Labute approximate surface area is 258 Å². The van der Waals surface area contributed by atoms with Crippen LogP contribution in [0.2, 0.25) is 0 Å². The number of rotatable bonds is 6. The van der Waals surface area contributed by atoms with E-state index in [0.29, 0.717) is 22.3 Å². The third kappa shape index (κ3) is 4.29. The molecular formula is C34H24Cl4O3. The maximum atomic E-state index is 13.8. The molecule has 6 unspecified atom stereocenters. The summed E-state index contributed by atoms with van der Waals surface area (Å²) in [6.45, 7) is 0. The van der Waals surface area contributed by atoms with Gasteiger partial charge in [-0.05, 0) is 22.3 Å². The number of benzene rings is 4. The number of ketones is 2. The zero-order valence-electron chi connectivity index (χ0n) is 21.6. The van der Waals surface area contributed by atoms with E-state index >= 15 is 0 Å². The fourth-order valence-corrected chi connectivity index (χ4v) is 7.99. The van der Waals surface area contributed by atoms with Crippen molar-refractivity contribution in [3.8, 4) is 0 Å². The Hall–Kier alpha value is -2.92. The number of hydrogen-bond donors (Lipinski definition) is 0. The van der Waals surface area contributed by atoms with Gasteiger partial charge in [0.05, 0.1) is 5.03 Å². The number of alkyl halides is 3. The van der Waals surface area contributed by atoms with Gasteiger partial charge in [0.25, 0.3) is 0 Å². The molecule has 3 nitrogen and oxygen atoms in total. The molecule has 2 aliphatic rings. The van der Waals surface area contributed by atoms with Crippen LogP contribution in [0.15, 0.2) is 126 Å². The van der Waals surface area contributed by atoms with Crippen LogP contribution in [0.4, 0.5) is 0 Å². The minimum Gasteiger partial charge on any atom is -0.349 e. The minimum absolute atomic E-state index is 0.0302. The summed E-state index contributed by atoms with van der Waals surface area (Å²) in [4.78, 5) is 27.5. The van der Waals surface area contributed by atoms with Crippen molar-refractivity contribution in [3.63, 3.8) is 0 Å². The average Bonchev–Trinajstić information content (AvgIpc) is 3.34. The lowest BCUT2D eigenvalue weighted by molar-refractivity contribution is -0.149. The zero-order chi connectivity index (χ0) is 28.8. The molecule has 41 heavy (non-hydrogen) atoms. The lowest BCUT2D eigenvalue weighted by atomic mass is 9.76. The number of carbonyl (C=O) groups excluding carboxylic acids is 2. The van der Waals surface area contributed by atoms with E-state index in [4.69, 9.17) is 51.1 Å². The van der Waals surface area contributed by atoms with Crippen LogP contribution in [0, 0.1) is 0 Å². The maximum Gasteiger partial charge on any atom is 0.196 e. The Morgan fingerprint density at radius 1 is 0.610 bits per heavy atom. The van der Waals surface area contributed by atoms with E-state index in [-0.39, 0.29) is 10.8 Å². The number of carbonyl (C=O) groups is 2. The van der Waals surface area contributed by atoms with Crippen molar-refractivity contribution >= 4 is 63.5 Å². The second-order valence-corrected chi connectivity index (χ2v) is 11.9. The monoisotopic (exact) mass is 620 g/mol. The first-order chi connectivity index (χ1) is 19.8. The normalized spacial score (nSPS) is 29.8. The van der Waals surface area contributed by atoms with Crippen molar-refractivity contribution in [2.75, 3.05) is 0 Å². The number of Topliss-reactive ketones (excluding diaryl/α,β-unsaturated/α-hetero) is 2. The molecule has 0 saturated heterocycles. The van der Waals surface area contributed by atoms with Crippen LogP contribution >= 0.6 is 46.4 Å². The van der Waals surface area contributed by atoms with Gasteiger partial charge in [-0.1, -0.05) is 133 Å². The highest BCUT2D eigenvalue weighted by atomic mass is 35.5. The maximum absolute atomic E-state index is 13.8. The van der Waals surface area contributed by atoms with Gasteiger partial charge in [0.2, 0.25) is 0 Å². The smallest absolute Gasteiger partial charge is 0.196 e. The van der Waals surface area contributed by atoms with Crippen LogP contribution < -0.4 is 0 Å². The fraction of sp³-hybridized carbons (Fsp3) is 0.176. The van der Waals surface area contributed by atoms with Gasteiger partial charge >= 0.3 is 0 Å². The van der Waals surface area contributed by atoms with Crippen molar-refractivity contribution in [3.05, 3.63) is 149 Å². The lowest BCUT2D eigenvalue weighted by Gasteiger charge is -2.47. The molecule has 0 spiro atoms. The van der Waals surface area contributed by atoms with Crippen molar-refractivity contribution in [1.82, 2.24) is 0 Å². The van der Waals surface area contributed by atoms with Crippen LogP contribution in [0.5, 0.6) is 0 Å². The topological polar surface area (TPSA) is 43.4 Å². The highest BCUT2D eigenvalue weighted by molar-refractivity contribution is 6.54. The third-order valence-electron chi connectivity index (χ3n) is 8.03. The standard InChI is InChI=1S/C34H24Cl4O3/c35-27-25(21-13-5-1-6-14-21)33(31(37)29(27)39,23-17-9-3-10-18-23)41-34(24-19-11-4-12-20-24)26(22-15-7-2-8-16-22)28(36)30(40)32(34)38/h1-20,25,27,31-32H. The van der Waals surface area contributed by atoms with Crippen molar-refractivity contribution < 1.29 is 14.3 Å². The fourth-order valence-electron chi connectivity index (χ4n) is 6.23. The highest BCUT2D eigenvalue weighted by Gasteiger charge is 2.68. The molecule has 1 fully saturated rings. The van der Waals surface area contributed by atoms with Gasteiger partial charge < -0.3 is 4.74 Å². The molecule has 4 aromatic rings. The predicted molar refractivity (Wildman–Crippen MR) is 165 cm³/mol. The molecule has 6 rings (SSSR count). The first kappa shape index (κ1) is 28.2. The van der Waals surface area contributed by atoms with E-state index in [0.717, 1.165) is 5.56 Å². The zero-order valence-corrected chi connectivity index (χ0v) is 24.6. The number of hydrogen-bond acceptors (Lipinski definition) is 3. The second kappa shape index (κ2) is 11.1. The van der Waals surface area contributed by atoms with Crippen molar-refractivity contribution in [2.45, 2.75) is 33.3 Å². The number of halogens is 4. The lowest BCUT2D eigenvalue weighted by Crippen LogP contribution is -2.51. The molecule has 2 aliphatic carbocycles. The van der Waals surface area contributed by atoms with Gasteiger partial charge in [0.1, 0.15) is 27.3 Å². The van der Waals surface area contributed by atoms with Crippen LogP contribution in [-0.2, 0) is 25.5 Å². The molecule has 1 saturated carbocycles. The SMILES string of the molecule is O=C1C(Cl)=C(c2ccccc2)C(OC2(c3ccccc3)C(Cl)C(=O)C(Cl)C2c2ccccc2)(c2ccccc2)C1Cl. The Morgan fingerprint density at radius 2 is 1.10 bits per heavy atom. The Balaban J connectivity index is 1.71. The van der Waals surface area contributed by atoms with E-state index in [1.54, 1.807) is 0 Å². The molecule has 6 atom stereocenters. The number of allylic oxidation sites excluding steroid dienone is 1. The summed E-state index contributed by atoms with van der Waals surface area (Å²) in [6.07, 6.45) is 0. The minimum atomic E-state index is -1.63. The van der Waals surface area contributed by atoms with Gasteiger partial charge in [-0.15, -0.1) is 34.8 Å². The van der Waals surface area contributed by atoms with Crippen molar-refractivity contribution in [2.24, 2.45) is 0 Å². The predicted octanol–water partition coefficient (Wildman–Crippen LogP) is 8.22. The summed E-state index contributed by atoms with van der Waals surface area (Å²) in [5.41, 5.74) is -0.106. The summed E-state index contributed by atoms with van der Waals surface area (Å²) in [6, 6.07) is 37.3. The average molecular weight is 622 g/mol. The molecule has 0 N–H and O–H groups in total. The first-order valence-corrected chi connectivity index (χ1v) is 14.8. The Kier molecular flexibility index (Phi) is 7.61. The van der Waals surface area contributed by atoms with Gasteiger partial charge in [0, 0.05) is 11.5 Å². The Morgan fingerprint density at radius 3 is 1.66 bits per heavy atom. The van der Waals surface area contributed by atoms with Crippen LogP contribution in [-0.4, -0.2) is 27.7 Å². The summed E-state index contributed by atoms with van der Waals surface area (Å²) in [5.74, 6) is -1.58. The van der Waals surface area contributed by atoms with Crippen molar-refractivity contribution in [1.29, 1.82) is 0 Å². The van der Waals surface area contributed by atoms with Crippen LogP contribution in [0.1, 0.15) is 28.2 Å². The van der Waals surface area contributed by atoms with E-state index in [1.165, 1.54) is 0 Å². The first-order valence-electron chi connectivity index (χ1n) is 13.2. The van der Waals surface area contributed by atoms with Gasteiger partial charge in [0.15, 0.2) is 11.6 Å². The largest absolute Gasteiger partial charge is 0.349 e. The second-order valence-electron chi connectivity index (χ2n) is 10.2. The molecule has 0 radical (unpaired) electrons.